The van der Waals surface area contributed by atoms with Crippen molar-refractivity contribution >= 4 is 17.7 Å². The fourth-order valence-corrected chi connectivity index (χ4v) is 5.64. The van der Waals surface area contributed by atoms with E-state index in [2.05, 4.69) is 62.5 Å². The molecular formula is C45H79NO5. The predicted molar refractivity (Wildman–Crippen MR) is 217 cm³/mol. The smallest absolute Gasteiger partial charge is 0.305 e. The predicted octanol–water partition coefficient (Wildman–Crippen LogP) is 12.2. The van der Waals surface area contributed by atoms with E-state index in [4.69, 9.17) is 9.47 Å². The van der Waals surface area contributed by atoms with Crippen LogP contribution in [0.3, 0.4) is 0 Å². The summed E-state index contributed by atoms with van der Waals surface area (Å²) in [5, 5.41) is 0. The number of ketones is 1. The van der Waals surface area contributed by atoms with Crippen molar-refractivity contribution in [2.45, 2.75) is 181 Å². The van der Waals surface area contributed by atoms with Gasteiger partial charge in [-0.2, -0.15) is 0 Å². The summed E-state index contributed by atoms with van der Waals surface area (Å²) in [6, 6.07) is 0. The zero-order valence-electron chi connectivity index (χ0n) is 33.7. The van der Waals surface area contributed by atoms with Crippen molar-refractivity contribution in [1.82, 2.24) is 4.90 Å². The van der Waals surface area contributed by atoms with Gasteiger partial charge in [0.05, 0.1) is 13.2 Å². The Hall–Kier alpha value is -2.47. The van der Waals surface area contributed by atoms with Crippen molar-refractivity contribution in [3.8, 4) is 0 Å². The zero-order chi connectivity index (χ0) is 37.5. The van der Waals surface area contributed by atoms with Gasteiger partial charge in [-0.25, -0.2) is 0 Å². The lowest BCUT2D eigenvalue weighted by molar-refractivity contribution is -0.150. The highest BCUT2D eigenvalue weighted by Crippen LogP contribution is 2.14. The van der Waals surface area contributed by atoms with Crippen molar-refractivity contribution in [3.63, 3.8) is 0 Å². The van der Waals surface area contributed by atoms with Crippen molar-refractivity contribution < 1.29 is 23.9 Å². The molecule has 0 saturated carbocycles. The van der Waals surface area contributed by atoms with Crippen LogP contribution in [0.4, 0.5) is 0 Å². The van der Waals surface area contributed by atoms with Crippen LogP contribution < -0.4 is 0 Å². The molecule has 0 heterocycles. The summed E-state index contributed by atoms with van der Waals surface area (Å²) in [5.41, 5.74) is 0. The Labute approximate surface area is 315 Å². The molecule has 0 aromatic carbocycles. The van der Waals surface area contributed by atoms with Crippen LogP contribution in [0.5, 0.6) is 0 Å². The molecule has 0 N–H and O–H groups in total. The molecule has 0 spiro atoms. The third-order valence-electron chi connectivity index (χ3n) is 8.98. The third-order valence-corrected chi connectivity index (χ3v) is 8.98. The van der Waals surface area contributed by atoms with E-state index >= 15 is 0 Å². The molecule has 0 saturated heterocycles. The minimum atomic E-state index is -0.301. The van der Waals surface area contributed by atoms with Crippen LogP contribution in [-0.2, 0) is 23.9 Å². The Balaban J connectivity index is 4.13. The lowest BCUT2D eigenvalue weighted by atomic mass is 10.0. The summed E-state index contributed by atoms with van der Waals surface area (Å²) in [7, 11) is 3.88. The minimum Gasteiger partial charge on any atom is -0.465 e. The van der Waals surface area contributed by atoms with E-state index in [0.717, 1.165) is 64.2 Å². The molecule has 0 aliphatic heterocycles. The lowest BCUT2D eigenvalue weighted by Crippen LogP contribution is -2.25. The number of hydrogen-bond donors (Lipinski definition) is 0. The Bertz CT molecular complexity index is 873. The average Bonchev–Trinajstić information content (AvgIpc) is 3.11. The van der Waals surface area contributed by atoms with E-state index in [1.54, 1.807) is 0 Å². The SMILES string of the molecule is CCCC/C=C\C/C=C\CCCCCCCCC(=O)OCC(COC(=O)CCCCCCCC/C=C\C/C=C\CCCC)CC(=O)CCN(C)C. The van der Waals surface area contributed by atoms with Gasteiger partial charge in [-0.3, -0.25) is 14.4 Å². The fourth-order valence-electron chi connectivity index (χ4n) is 5.64. The molecule has 0 fully saturated rings. The van der Waals surface area contributed by atoms with Gasteiger partial charge in [-0.1, -0.05) is 140 Å². The first-order valence-electron chi connectivity index (χ1n) is 21.0. The van der Waals surface area contributed by atoms with Gasteiger partial charge >= 0.3 is 11.9 Å². The normalized spacial score (nSPS) is 12.1. The van der Waals surface area contributed by atoms with Gasteiger partial charge in [0.25, 0.3) is 0 Å². The molecule has 0 unspecified atom stereocenters. The zero-order valence-corrected chi connectivity index (χ0v) is 33.7. The van der Waals surface area contributed by atoms with E-state index in [-0.39, 0.29) is 43.3 Å². The van der Waals surface area contributed by atoms with E-state index in [1.807, 2.05) is 19.0 Å². The molecule has 6 nitrogen and oxygen atoms in total. The summed E-state index contributed by atoms with van der Waals surface area (Å²) in [4.78, 5) is 39.5. The lowest BCUT2D eigenvalue weighted by Gasteiger charge is -2.17. The minimum absolute atomic E-state index is 0.102. The van der Waals surface area contributed by atoms with Crippen LogP contribution in [-0.4, -0.2) is 56.5 Å². The average molecular weight is 714 g/mol. The van der Waals surface area contributed by atoms with E-state index in [1.165, 1.54) is 77.0 Å². The molecular weight excluding hydrogens is 634 g/mol. The van der Waals surface area contributed by atoms with Crippen molar-refractivity contribution in [1.29, 1.82) is 0 Å². The van der Waals surface area contributed by atoms with Gasteiger partial charge < -0.3 is 14.4 Å². The molecule has 294 valence electrons. The maximum absolute atomic E-state index is 12.6. The first-order chi connectivity index (χ1) is 24.9. The van der Waals surface area contributed by atoms with Crippen LogP contribution in [0.25, 0.3) is 0 Å². The van der Waals surface area contributed by atoms with Crippen molar-refractivity contribution in [2.24, 2.45) is 5.92 Å². The fraction of sp³-hybridized carbons (Fsp3) is 0.756. The molecule has 0 aliphatic carbocycles. The Kier molecular flexibility index (Phi) is 36.9. The summed E-state index contributed by atoms with van der Waals surface area (Å²) in [6.07, 6.45) is 44.7. The number of carbonyl (C=O) groups is 3. The molecule has 0 aliphatic rings. The molecule has 51 heavy (non-hydrogen) atoms. The van der Waals surface area contributed by atoms with Crippen molar-refractivity contribution in [2.75, 3.05) is 33.9 Å². The van der Waals surface area contributed by atoms with E-state index in [0.29, 0.717) is 25.8 Å². The maximum Gasteiger partial charge on any atom is 0.305 e. The number of nitrogens with zero attached hydrogens (tertiary/aromatic N) is 1. The Morgan fingerprint density at radius 3 is 1.25 bits per heavy atom. The Morgan fingerprint density at radius 1 is 0.490 bits per heavy atom. The molecule has 0 atom stereocenters. The van der Waals surface area contributed by atoms with Gasteiger partial charge in [0, 0.05) is 38.1 Å². The second-order valence-electron chi connectivity index (χ2n) is 14.5. The molecule has 0 rings (SSSR count). The molecule has 0 amide bonds. The number of esters is 2. The molecule has 6 heteroatoms. The first kappa shape index (κ1) is 48.5. The van der Waals surface area contributed by atoms with Gasteiger partial charge in [-0.15, -0.1) is 0 Å². The topological polar surface area (TPSA) is 72.9 Å². The van der Waals surface area contributed by atoms with Crippen LogP contribution in [0, 0.1) is 5.92 Å². The van der Waals surface area contributed by atoms with Gasteiger partial charge in [0.2, 0.25) is 0 Å². The van der Waals surface area contributed by atoms with Gasteiger partial charge in [-0.05, 0) is 78.3 Å². The summed E-state index contributed by atoms with van der Waals surface area (Å²) in [6.45, 7) is 5.36. The number of carbonyl (C=O) groups excluding carboxylic acids is 3. The standard InChI is InChI=1S/C45H79NO5/c1-5-7-9-11-13-15-17-19-21-23-25-27-29-31-33-35-44(48)50-40-42(39-43(47)37-38-46(3)4)41-51-45(49)36-34-32-30-28-26-24-22-20-18-16-14-12-10-8-6-2/h11-14,17-20,42H,5-10,15-16,21-41H2,1-4H3/b13-11-,14-12-,19-17-,20-18-. The number of ether oxygens (including phenoxy) is 2. The summed E-state index contributed by atoms with van der Waals surface area (Å²) >= 11 is 0. The maximum atomic E-state index is 12.6. The van der Waals surface area contributed by atoms with Crippen LogP contribution >= 0.6 is 0 Å². The van der Waals surface area contributed by atoms with E-state index in [9.17, 15) is 14.4 Å². The van der Waals surface area contributed by atoms with Crippen LogP contribution in [0.15, 0.2) is 48.6 Å². The number of Topliss-reactive ketones (excluding diaryl/α,β-unsaturated/α-hetero) is 1. The second kappa shape index (κ2) is 38.8. The third kappa shape index (κ3) is 38.6. The number of unbranched alkanes of at least 4 members (excludes halogenated alkanes) is 16. The summed E-state index contributed by atoms with van der Waals surface area (Å²) < 4.78 is 11.1. The number of rotatable bonds is 37. The quantitative estimate of drug-likeness (QED) is 0.0362. The highest BCUT2D eigenvalue weighted by atomic mass is 16.5. The monoisotopic (exact) mass is 714 g/mol. The highest BCUT2D eigenvalue weighted by molar-refractivity contribution is 5.79. The molecule has 0 radical (unpaired) electrons. The highest BCUT2D eigenvalue weighted by Gasteiger charge is 2.19. The summed E-state index contributed by atoms with van der Waals surface area (Å²) in [5.74, 6) is -0.658. The number of allylic oxidation sites excluding steroid dienone is 8. The largest absolute Gasteiger partial charge is 0.465 e. The molecule has 0 aromatic rings. The molecule has 0 aromatic heterocycles. The van der Waals surface area contributed by atoms with Gasteiger partial charge in [0.15, 0.2) is 0 Å². The number of hydrogen-bond acceptors (Lipinski definition) is 6. The Morgan fingerprint density at radius 2 is 0.863 bits per heavy atom. The van der Waals surface area contributed by atoms with Crippen molar-refractivity contribution in [3.05, 3.63) is 48.6 Å². The van der Waals surface area contributed by atoms with Crippen LogP contribution in [0.2, 0.25) is 0 Å². The van der Waals surface area contributed by atoms with E-state index < -0.39 is 0 Å². The molecule has 0 bridgehead atoms. The van der Waals surface area contributed by atoms with Gasteiger partial charge in [0.1, 0.15) is 5.78 Å². The second-order valence-corrected chi connectivity index (χ2v) is 14.5. The first-order valence-corrected chi connectivity index (χ1v) is 21.0. The van der Waals surface area contributed by atoms with Crippen LogP contribution in [0.1, 0.15) is 181 Å².